The number of hydrogen-bond donors (Lipinski definition) is 6. The Bertz CT molecular complexity index is 1900. The van der Waals surface area contributed by atoms with Crippen LogP contribution in [-0.4, -0.2) is 58.1 Å². The first-order valence-corrected chi connectivity index (χ1v) is 18.7. The van der Waals surface area contributed by atoms with Gasteiger partial charge in [-0.05, 0) is 91.7 Å². The molecule has 7 N–H and O–H groups in total. The molecule has 0 saturated carbocycles. The number of unbranched alkanes of at least 4 members (excludes halogenated alkanes) is 3. The van der Waals surface area contributed by atoms with Gasteiger partial charge < -0.3 is 31.9 Å². The summed E-state index contributed by atoms with van der Waals surface area (Å²) in [5, 5.41) is 39.2. The van der Waals surface area contributed by atoms with Crippen LogP contribution in [0.2, 0.25) is 0 Å². The van der Waals surface area contributed by atoms with Crippen molar-refractivity contribution in [1.29, 1.82) is 5.26 Å². The third kappa shape index (κ3) is 10.8. The molecule has 4 atom stereocenters. The molecule has 12 heteroatoms. The fraction of sp³-hybridized carbons (Fsp3) is 0.429. The van der Waals surface area contributed by atoms with E-state index in [2.05, 4.69) is 22.9 Å². The molecule has 286 valence electrons. The highest BCUT2D eigenvalue weighted by molar-refractivity contribution is 6.00. The van der Waals surface area contributed by atoms with Gasteiger partial charge in [0.25, 0.3) is 5.91 Å². The maximum atomic E-state index is 14.1. The van der Waals surface area contributed by atoms with E-state index in [1.54, 1.807) is 18.2 Å². The summed E-state index contributed by atoms with van der Waals surface area (Å²) in [4.78, 5) is 68.0. The number of benzene rings is 3. The van der Waals surface area contributed by atoms with Gasteiger partial charge in [-0.3, -0.25) is 24.0 Å². The van der Waals surface area contributed by atoms with Crippen molar-refractivity contribution in [1.82, 2.24) is 16.0 Å². The summed E-state index contributed by atoms with van der Waals surface area (Å²) in [6, 6.07) is 12.9. The summed E-state index contributed by atoms with van der Waals surface area (Å²) < 4.78 is 0. The van der Waals surface area contributed by atoms with Crippen molar-refractivity contribution in [3.63, 3.8) is 0 Å². The van der Waals surface area contributed by atoms with Gasteiger partial charge in [0.05, 0.1) is 12.1 Å². The van der Waals surface area contributed by atoms with Crippen LogP contribution < -0.4 is 21.7 Å². The van der Waals surface area contributed by atoms with Crippen LogP contribution in [0.5, 0.6) is 11.5 Å². The van der Waals surface area contributed by atoms with Gasteiger partial charge in [-0.25, -0.2) is 0 Å². The van der Waals surface area contributed by atoms with E-state index < -0.39 is 47.5 Å². The summed E-state index contributed by atoms with van der Waals surface area (Å²) in [6.07, 6.45) is 5.04. The van der Waals surface area contributed by atoms with E-state index in [0.29, 0.717) is 11.1 Å². The normalized spacial score (nSPS) is 17.7. The highest BCUT2D eigenvalue weighted by atomic mass is 16.3. The molecule has 0 aliphatic carbocycles. The third-order valence-electron chi connectivity index (χ3n) is 9.83. The smallest absolute Gasteiger partial charge is 0.252 e. The van der Waals surface area contributed by atoms with E-state index >= 15 is 0 Å². The number of phenols is 2. The van der Waals surface area contributed by atoms with Crippen molar-refractivity contribution in [3.05, 3.63) is 82.4 Å². The van der Waals surface area contributed by atoms with E-state index in [0.717, 1.165) is 36.8 Å². The number of rotatable bonds is 14. The molecule has 3 aromatic carbocycles. The number of Topliss-reactive ketones (excluding diaryl/α,β-unsaturated/α-hetero) is 2. The van der Waals surface area contributed by atoms with Crippen molar-refractivity contribution < 1.29 is 34.2 Å². The molecule has 1 heterocycles. The maximum Gasteiger partial charge on any atom is 0.252 e. The average Bonchev–Trinajstić information content (AvgIpc) is 3.14. The van der Waals surface area contributed by atoms with Gasteiger partial charge in [-0.1, -0.05) is 57.4 Å². The highest BCUT2D eigenvalue weighted by Gasteiger charge is 2.32. The van der Waals surface area contributed by atoms with Crippen LogP contribution in [0.25, 0.3) is 11.1 Å². The van der Waals surface area contributed by atoms with Crippen molar-refractivity contribution in [3.8, 4) is 28.7 Å². The number of aromatic hydroxyl groups is 2. The zero-order valence-corrected chi connectivity index (χ0v) is 31.2. The maximum absolute atomic E-state index is 14.1. The van der Waals surface area contributed by atoms with Crippen LogP contribution in [0.1, 0.15) is 104 Å². The second-order valence-electron chi connectivity index (χ2n) is 14.1. The molecule has 4 bridgehead atoms. The molecule has 4 rings (SSSR count). The number of ketones is 2. The predicted octanol–water partition coefficient (Wildman–Crippen LogP) is 5.01. The first-order chi connectivity index (χ1) is 25.9. The molecule has 1 aliphatic heterocycles. The number of nitrogens with two attached hydrogens (primary N) is 1. The van der Waals surface area contributed by atoms with Crippen LogP contribution in [0.3, 0.4) is 0 Å². The minimum Gasteiger partial charge on any atom is -0.507 e. The van der Waals surface area contributed by atoms with E-state index in [4.69, 9.17) is 11.0 Å². The van der Waals surface area contributed by atoms with Crippen LogP contribution in [-0.2, 0) is 32.0 Å². The standard InChI is InChI=1S/C42H51N5O7/c1-4-5-6-7-9-27-11-14-30(25(2)20-27)41(53)45-33(17-19-44)42(54)47-39-29-13-16-36(49)32(24-29)31-22-28(12-15-35(31)48)23-34(37(50)10-8-18-43)46-40(52)26(3)21-38(39)51/h11-16,20,22,24,26,33-34,39,48-49H,4-10,17,19,21,23,44H2,1-3H3,(H,45,53)(H,46,52)(H,47,54)/t26-,33+,34+,39+/m1/s1. The van der Waals surface area contributed by atoms with Gasteiger partial charge in [-0.2, -0.15) is 5.26 Å². The van der Waals surface area contributed by atoms with Crippen LogP contribution in [0.4, 0.5) is 0 Å². The van der Waals surface area contributed by atoms with E-state index in [1.165, 1.54) is 37.6 Å². The van der Waals surface area contributed by atoms with Crippen molar-refractivity contribution >= 4 is 29.3 Å². The van der Waals surface area contributed by atoms with E-state index in [9.17, 15) is 34.2 Å². The van der Waals surface area contributed by atoms with Crippen LogP contribution in [0, 0.1) is 24.2 Å². The Morgan fingerprint density at radius 3 is 2.39 bits per heavy atom. The monoisotopic (exact) mass is 737 g/mol. The van der Waals surface area contributed by atoms with Crippen molar-refractivity contribution in [2.75, 3.05) is 6.54 Å². The molecule has 12 nitrogen and oxygen atoms in total. The third-order valence-corrected chi connectivity index (χ3v) is 9.83. The zero-order valence-electron chi connectivity index (χ0n) is 31.2. The summed E-state index contributed by atoms with van der Waals surface area (Å²) in [7, 11) is 0. The molecule has 3 aromatic rings. The van der Waals surface area contributed by atoms with Gasteiger partial charge in [-0.15, -0.1) is 0 Å². The summed E-state index contributed by atoms with van der Waals surface area (Å²) in [6.45, 7) is 5.59. The molecule has 0 spiro atoms. The topological polar surface area (TPSA) is 212 Å². The molecule has 1 aliphatic rings. The number of carbonyl (C=O) groups is 5. The molecular weight excluding hydrogens is 686 g/mol. The first-order valence-electron chi connectivity index (χ1n) is 18.7. The molecule has 3 amide bonds. The average molecular weight is 738 g/mol. The van der Waals surface area contributed by atoms with Crippen molar-refractivity contribution in [2.45, 2.75) is 103 Å². The lowest BCUT2D eigenvalue weighted by atomic mass is 9.89. The Morgan fingerprint density at radius 1 is 0.981 bits per heavy atom. The lowest BCUT2D eigenvalue weighted by Crippen LogP contribution is -2.50. The summed E-state index contributed by atoms with van der Waals surface area (Å²) in [5.74, 6) is -3.97. The molecular formula is C42H51N5O7. The minimum atomic E-state index is -1.33. The Kier molecular flexibility index (Phi) is 14.9. The fourth-order valence-electron chi connectivity index (χ4n) is 6.69. The lowest BCUT2D eigenvalue weighted by molar-refractivity contribution is -0.133. The number of fused-ring (bicyclic) bond motifs is 5. The predicted molar refractivity (Wildman–Crippen MR) is 204 cm³/mol. The number of nitriles is 1. The van der Waals surface area contributed by atoms with Gasteiger partial charge in [0.2, 0.25) is 11.8 Å². The molecule has 54 heavy (non-hydrogen) atoms. The SMILES string of the molecule is CCCCCCc1ccc(C(=O)N[C@@H](CCN)C(=O)N[C@@H]2C(=O)C[C@@H](C)C(=O)N[C@H](C(=O)CCC#N)Cc3ccc(O)c(c3)-c3cc2ccc3O)c(C)c1. The molecule has 0 radical (unpaired) electrons. The quantitative estimate of drug-likeness (QED) is 0.123. The molecule has 0 aromatic heterocycles. The number of phenolic OH excluding ortho intramolecular Hbond substituents is 2. The van der Waals surface area contributed by atoms with E-state index in [1.807, 2.05) is 25.1 Å². The van der Waals surface area contributed by atoms with Gasteiger partial charge in [0.1, 0.15) is 23.6 Å². The second-order valence-corrected chi connectivity index (χ2v) is 14.1. The number of hydrogen-bond acceptors (Lipinski definition) is 9. The number of nitrogens with one attached hydrogen (secondary N) is 3. The number of aryl methyl sites for hydroxylation is 2. The van der Waals surface area contributed by atoms with Crippen LogP contribution >= 0.6 is 0 Å². The zero-order chi connectivity index (χ0) is 39.4. The minimum absolute atomic E-state index is 0.0417. The molecule has 0 saturated heterocycles. The van der Waals surface area contributed by atoms with Crippen molar-refractivity contribution in [2.24, 2.45) is 11.7 Å². The highest BCUT2D eigenvalue weighted by Crippen LogP contribution is 2.38. The molecule has 0 fully saturated rings. The van der Waals surface area contributed by atoms with Crippen LogP contribution in [0.15, 0.2) is 54.6 Å². The molecule has 0 unspecified atom stereocenters. The first kappa shape index (κ1) is 41.2. The van der Waals surface area contributed by atoms with E-state index in [-0.39, 0.29) is 72.6 Å². The lowest BCUT2D eigenvalue weighted by Gasteiger charge is -2.26. The summed E-state index contributed by atoms with van der Waals surface area (Å²) >= 11 is 0. The van der Waals surface area contributed by atoms with Gasteiger partial charge in [0, 0.05) is 41.9 Å². The number of carbonyl (C=O) groups excluding carboxylic acids is 5. The Labute approximate surface area is 316 Å². The largest absolute Gasteiger partial charge is 0.507 e. The Balaban J connectivity index is 1.66. The van der Waals surface area contributed by atoms with Gasteiger partial charge >= 0.3 is 0 Å². The summed E-state index contributed by atoms with van der Waals surface area (Å²) in [5.41, 5.74) is 9.36. The Hall–Kier alpha value is -5.54. The second kappa shape index (κ2) is 19.5. The number of amides is 3. The number of nitrogens with zero attached hydrogens (tertiary/aromatic N) is 1. The van der Waals surface area contributed by atoms with Gasteiger partial charge in [0.15, 0.2) is 11.6 Å². The fourth-order valence-corrected chi connectivity index (χ4v) is 6.69. The Morgan fingerprint density at radius 2 is 1.70 bits per heavy atom.